The summed E-state index contributed by atoms with van der Waals surface area (Å²) in [5.74, 6) is 1.96. The van der Waals surface area contributed by atoms with E-state index >= 15 is 0 Å². The van der Waals surface area contributed by atoms with Gasteiger partial charge < -0.3 is 5.32 Å². The number of H-pyrrole nitrogens is 1. The molecule has 2 bridgehead atoms. The molecule has 4 unspecified atom stereocenters. The van der Waals surface area contributed by atoms with Gasteiger partial charge in [0.2, 0.25) is 0 Å². The summed E-state index contributed by atoms with van der Waals surface area (Å²) in [6.07, 6.45) is 7.60. The number of hydrogen-bond donors (Lipinski definition) is 2. The number of fused-ring (bicyclic) bond motifs is 2. The molecule has 4 atom stereocenters. The third-order valence-electron chi connectivity index (χ3n) is 4.19. The fourth-order valence-corrected chi connectivity index (χ4v) is 3.37. The second kappa shape index (κ2) is 3.63. The van der Waals surface area contributed by atoms with Gasteiger partial charge in [-0.25, -0.2) is 0 Å². The quantitative estimate of drug-likeness (QED) is 0.794. The first kappa shape index (κ1) is 9.40. The largest absolute Gasteiger partial charge is 0.306 e. The number of rotatable bonds is 3. The van der Waals surface area contributed by atoms with Gasteiger partial charge in [0.05, 0.1) is 5.69 Å². The maximum atomic E-state index is 4.00. The van der Waals surface area contributed by atoms with Crippen molar-refractivity contribution in [2.75, 3.05) is 0 Å². The standard InChI is InChI=1S/C12H19N3/c1-8(11-4-5-13-15-11)14-12-7-9-2-3-10(12)6-9/h4-5,8-10,12,14H,2-3,6-7H2,1H3,(H,13,15). The Kier molecular flexibility index (Phi) is 2.28. The van der Waals surface area contributed by atoms with Crippen LogP contribution in [0.15, 0.2) is 12.3 Å². The Morgan fingerprint density at radius 2 is 2.40 bits per heavy atom. The van der Waals surface area contributed by atoms with E-state index in [2.05, 4.69) is 28.5 Å². The van der Waals surface area contributed by atoms with Crippen LogP contribution in [0.1, 0.15) is 44.3 Å². The summed E-state index contributed by atoms with van der Waals surface area (Å²) in [6.45, 7) is 2.22. The molecule has 0 amide bonds. The van der Waals surface area contributed by atoms with Crippen LogP contribution in [0.2, 0.25) is 0 Å². The van der Waals surface area contributed by atoms with Gasteiger partial charge in [-0.2, -0.15) is 5.10 Å². The normalized spacial score (nSPS) is 35.9. The van der Waals surface area contributed by atoms with Crippen molar-refractivity contribution in [3.63, 3.8) is 0 Å². The molecule has 0 saturated heterocycles. The van der Waals surface area contributed by atoms with Crippen molar-refractivity contribution >= 4 is 0 Å². The van der Waals surface area contributed by atoms with Crippen molar-refractivity contribution < 1.29 is 0 Å². The molecule has 3 heteroatoms. The average molecular weight is 205 g/mol. The van der Waals surface area contributed by atoms with Gasteiger partial charge in [-0.15, -0.1) is 0 Å². The topological polar surface area (TPSA) is 40.7 Å². The van der Waals surface area contributed by atoms with Gasteiger partial charge in [-0.3, -0.25) is 5.10 Å². The zero-order valence-corrected chi connectivity index (χ0v) is 9.24. The second-order valence-electron chi connectivity index (χ2n) is 5.18. The molecule has 2 saturated carbocycles. The van der Waals surface area contributed by atoms with Crippen molar-refractivity contribution in [2.45, 2.75) is 44.7 Å². The highest BCUT2D eigenvalue weighted by atomic mass is 15.1. The number of hydrogen-bond acceptors (Lipinski definition) is 2. The molecule has 15 heavy (non-hydrogen) atoms. The lowest BCUT2D eigenvalue weighted by atomic mass is 9.94. The molecule has 3 rings (SSSR count). The number of aromatic nitrogens is 2. The third-order valence-corrected chi connectivity index (χ3v) is 4.19. The minimum atomic E-state index is 0.414. The van der Waals surface area contributed by atoms with Crippen LogP contribution in [0.25, 0.3) is 0 Å². The van der Waals surface area contributed by atoms with Crippen LogP contribution in [-0.4, -0.2) is 16.2 Å². The lowest BCUT2D eigenvalue weighted by Crippen LogP contribution is -2.35. The minimum absolute atomic E-state index is 0.414. The van der Waals surface area contributed by atoms with Crippen LogP contribution >= 0.6 is 0 Å². The van der Waals surface area contributed by atoms with Gasteiger partial charge in [0.25, 0.3) is 0 Å². The summed E-state index contributed by atoms with van der Waals surface area (Å²) in [5.41, 5.74) is 1.21. The predicted octanol–water partition coefficient (Wildman–Crippen LogP) is 2.25. The van der Waals surface area contributed by atoms with E-state index < -0.39 is 0 Å². The second-order valence-corrected chi connectivity index (χ2v) is 5.18. The van der Waals surface area contributed by atoms with Crippen LogP contribution in [0.4, 0.5) is 0 Å². The Hall–Kier alpha value is -0.830. The van der Waals surface area contributed by atoms with E-state index in [1.54, 1.807) is 0 Å². The van der Waals surface area contributed by atoms with Gasteiger partial charge in [-0.1, -0.05) is 6.42 Å². The summed E-state index contributed by atoms with van der Waals surface area (Å²) in [4.78, 5) is 0. The Bertz CT molecular complexity index is 320. The van der Waals surface area contributed by atoms with E-state index in [0.29, 0.717) is 6.04 Å². The monoisotopic (exact) mass is 205 g/mol. The highest BCUT2D eigenvalue weighted by molar-refractivity contribution is 5.05. The zero-order chi connectivity index (χ0) is 10.3. The SMILES string of the molecule is CC(NC1CC2CCC1C2)c1ccn[nH]1. The Balaban J connectivity index is 1.62. The molecule has 2 fully saturated rings. The molecule has 0 spiro atoms. The van der Waals surface area contributed by atoms with E-state index in [0.717, 1.165) is 17.9 Å². The van der Waals surface area contributed by atoms with Gasteiger partial charge in [0.15, 0.2) is 0 Å². The molecule has 3 nitrogen and oxygen atoms in total. The lowest BCUT2D eigenvalue weighted by Gasteiger charge is -2.26. The van der Waals surface area contributed by atoms with Crippen molar-refractivity contribution in [1.82, 2.24) is 15.5 Å². The Morgan fingerprint density at radius 3 is 3.00 bits per heavy atom. The van der Waals surface area contributed by atoms with Crippen molar-refractivity contribution in [2.24, 2.45) is 11.8 Å². The van der Waals surface area contributed by atoms with Crippen LogP contribution in [0.5, 0.6) is 0 Å². The smallest absolute Gasteiger partial charge is 0.0518 e. The number of nitrogens with zero attached hydrogens (tertiary/aromatic N) is 1. The summed E-state index contributed by atoms with van der Waals surface area (Å²) in [5, 5.41) is 10.8. The molecular formula is C12H19N3. The molecule has 2 aliphatic carbocycles. The molecule has 0 aromatic carbocycles. The number of nitrogens with one attached hydrogen (secondary N) is 2. The minimum Gasteiger partial charge on any atom is -0.306 e. The van der Waals surface area contributed by atoms with Gasteiger partial charge in [0.1, 0.15) is 0 Å². The van der Waals surface area contributed by atoms with E-state index in [9.17, 15) is 0 Å². The molecule has 2 N–H and O–H groups in total. The fourth-order valence-electron chi connectivity index (χ4n) is 3.37. The lowest BCUT2D eigenvalue weighted by molar-refractivity contribution is 0.325. The van der Waals surface area contributed by atoms with Gasteiger partial charge in [-0.05, 0) is 44.1 Å². The number of aromatic amines is 1. The predicted molar refractivity (Wildman–Crippen MR) is 59.4 cm³/mol. The van der Waals surface area contributed by atoms with E-state index in [1.807, 2.05) is 6.20 Å². The summed E-state index contributed by atoms with van der Waals surface area (Å²) >= 11 is 0. The zero-order valence-electron chi connectivity index (χ0n) is 9.24. The molecule has 1 aromatic heterocycles. The molecule has 1 aromatic rings. The molecule has 1 heterocycles. The third kappa shape index (κ3) is 1.69. The fraction of sp³-hybridized carbons (Fsp3) is 0.750. The highest BCUT2D eigenvalue weighted by Gasteiger charge is 2.39. The van der Waals surface area contributed by atoms with Crippen molar-refractivity contribution in [1.29, 1.82) is 0 Å². The van der Waals surface area contributed by atoms with E-state index in [-0.39, 0.29) is 0 Å². The van der Waals surface area contributed by atoms with E-state index in [1.165, 1.54) is 31.4 Å². The molecule has 82 valence electrons. The maximum Gasteiger partial charge on any atom is 0.0518 e. The van der Waals surface area contributed by atoms with Crippen LogP contribution < -0.4 is 5.32 Å². The van der Waals surface area contributed by atoms with Crippen molar-refractivity contribution in [3.05, 3.63) is 18.0 Å². The molecular weight excluding hydrogens is 186 g/mol. The van der Waals surface area contributed by atoms with Gasteiger partial charge in [0, 0.05) is 18.3 Å². The average Bonchev–Trinajstić information content (AvgIpc) is 2.95. The first-order valence-electron chi connectivity index (χ1n) is 6.08. The van der Waals surface area contributed by atoms with E-state index in [4.69, 9.17) is 0 Å². The summed E-state index contributed by atoms with van der Waals surface area (Å²) in [6, 6.07) is 3.23. The van der Waals surface area contributed by atoms with Crippen LogP contribution in [0, 0.1) is 11.8 Å². The first-order valence-corrected chi connectivity index (χ1v) is 6.08. The maximum absolute atomic E-state index is 4.00. The Morgan fingerprint density at radius 1 is 1.47 bits per heavy atom. The summed E-state index contributed by atoms with van der Waals surface area (Å²) < 4.78 is 0. The highest BCUT2D eigenvalue weighted by Crippen LogP contribution is 2.44. The summed E-state index contributed by atoms with van der Waals surface area (Å²) in [7, 11) is 0. The Labute approximate surface area is 90.7 Å². The molecule has 2 aliphatic rings. The van der Waals surface area contributed by atoms with Crippen LogP contribution in [0.3, 0.4) is 0 Å². The van der Waals surface area contributed by atoms with Gasteiger partial charge >= 0.3 is 0 Å². The van der Waals surface area contributed by atoms with Crippen molar-refractivity contribution in [3.8, 4) is 0 Å². The molecule has 0 radical (unpaired) electrons. The molecule has 0 aliphatic heterocycles. The van der Waals surface area contributed by atoms with Crippen LogP contribution in [-0.2, 0) is 0 Å². The first-order chi connectivity index (χ1) is 7.33.